The van der Waals surface area contributed by atoms with Gasteiger partial charge in [0.25, 0.3) is 0 Å². The average Bonchev–Trinajstić information content (AvgIpc) is 2.24. The van der Waals surface area contributed by atoms with Crippen LogP contribution in [0.3, 0.4) is 0 Å². The fourth-order valence-corrected chi connectivity index (χ4v) is 1.85. The molecular formula is C7H14N2O3S. The zero-order valence-corrected chi connectivity index (χ0v) is 8.38. The van der Waals surface area contributed by atoms with E-state index in [1.165, 1.54) is 4.90 Å². The summed E-state index contributed by atoms with van der Waals surface area (Å²) in [6.45, 7) is 0.750. The van der Waals surface area contributed by atoms with Gasteiger partial charge in [0, 0.05) is 31.8 Å². The van der Waals surface area contributed by atoms with E-state index in [9.17, 15) is 13.2 Å². The van der Waals surface area contributed by atoms with Gasteiger partial charge in [0.15, 0.2) is 0 Å². The molecule has 13 heavy (non-hydrogen) atoms. The Kier molecular flexibility index (Phi) is 2.92. The highest BCUT2D eigenvalue weighted by atomic mass is 32.2. The van der Waals surface area contributed by atoms with E-state index in [-0.39, 0.29) is 24.2 Å². The Morgan fingerprint density at radius 1 is 1.62 bits per heavy atom. The van der Waals surface area contributed by atoms with Gasteiger partial charge in [-0.05, 0) is 0 Å². The molecule has 0 aromatic heterocycles. The first-order chi connectivity index (χ1) is 5.88. The van der Waals surface area contributed by atoms with Crippen molar-refractivity contribution in [3.8, 4) is 0 Å². The summed E-state index contributed by atoms with van der Waals surface area (Å²) in [6.07, 6.45) is 1.50. The van der Waals surface area contributed by atoms with Crippen LogP contribution in [0.2, 0.25) is 0 Å². The molecular weight excluding hydrogens is 192 g/mol. The van der Waals surface area contributed by atoms with Gasteiger partial charge >= 0.3 is 0 Å². The lowest BCUT2D eigenvalue weighted by Gasteiger charge is -2.14. The summed E-state index contributed by atoms with van der Waals surface area (Å²) < 4.78 is 21.6. The monoisotopic (exact) mass is 206 g/mol. The van der Waals surface area contributed by atoms with E-state index in [1.54, 1.807) is 0 Å². The van der Waals surface area contributed by atoms with Crippen molar-refractivity contribution in [1.29, 1.82) is 0 Å². The molecule has 0 bridgehead atoms. The summed E-state index contributed by atoms with van der Waals surface area (Å²) in [6, 6.07) is -0.132. The minimum Gasteiger partial charge on any atom is -0.340 e. The van der Waals surface area contributed by atoms with Crippen LogP contribution in [-0.4, -0.2) is 50.4 Å². The molecule has 1 heterocycles. The van der Waals surface area contributed by atoms with Crippen LogP contribution in [0.15, 0.2) is 0 Å². The zero-order valence-electron chi connectivity index (χ0n) is 7.56. The second-order valence-corrected chi connectivity index (χ2v) is 5.69. The molecule has 5 nitrogen and oxygen atoms in total. The number of nitrogens with zero attached hydrogens (tertiary/aromatic N) is 1. The Morgan fingerprint density at radius 2 is 2.23 bits per heavy atom. The molecule has 0 spiro atoms. The van der Waals surface area contributed by atoms with E-state index >= 15 is 0 Å². The Balaban J connectivity index is 2.43. The summed E-state index contributed by atoms with van der Waals surface area (Å²) in [5.74, 6) is -0.0259. The van der Waals surface area contributed by atoms with Gasteiger partial charge in [-0.3, -0.25) is 4.79 Å². The fraction of sp³-hybridized carbons (Fsp3) is 0.857. The Labute approximate surface area is 77.8 Å². The van der Waals surface area contributed by atoms with Gasteiger partial charge in [0.2, 0.25) is 5.91 Å². The Hall–Kier alpha value is -0.620. The molecule has 1 rings (SSSR count). The third-order valence-corrected chi connectivity index (χ3v) is 2.90. The first-order valence-corrected chi connectivity index (χ1v) is 6.15. The van der Waals surface area contributed by atoms with Gasteiger partial charge in [-0.1, -0.05) is 0 Å². The number of rotatable bonds is 3. The van der Waals surface area contributed by atoms with Crippen molar-refractivity contribution in [2.45, 2.75) is 12.5 Å². The minimum absolute atomic E-state index is 0.0193. The van der Waals surface area contributed by atoms with E-state index in [1.807, 2.05) is 0 Å². The van der Waals surface area contributed by atoms with Gasteiger partial charge in [-0.2, -0.15) is 0 Å². The number of hydrogen-bond donors (Lipinski definition) is 1. The summed E-state index contributed by atoms with van der Waals surface area (Å²) >= 11 is 0. The molecule has 1 atom stereocenters. The van der Waals surface area contributed by atoms with Crippen LogP contribution >= 0.6 is 0 Å². The maximum atomic E-state index is 11.2. The molecule has 0 radical (unpaired) electrons. The minimum atomic E-state index is -2.99. The molecule has 6 heteroatoms. The van der Waals surface area contributed by atoms with Crippen molar-refractivity contribution in [1.82, 2.24) is 4.90 Å². The van der Waals surface area contributed by atoms with Crippen molar-refractivity contribution in [3.05, 3.63) is 0 Å². The van der Waals surface area contributed by atoms with Gasteiger partial charge in [-0.15, -0.1) is 0 Å². The molecule has 1 aliphatic heterocycles. The molecule has 76 valence electrons. The summed E-state index contributed by atoms with van der Waals surface area (Å²) in [5.41, 5.74) is 5.54. The predicted octanol–water partition coefficient (Wildman–Crippen LogP) is -1.41. The number of nitrogens with two attached hydrogens (primary N) is 1. The molecule has 0 aromatic carbocycles. The van der Waals surface area contributed by atoms with Crippen LogP contribution < -0.4 is 5.73 Å². The molecule has 1 fully saturated rings. The SMILES string of the molecule is CS(=O)(=O)CCN1CC(N)CC1=O. The molecule has 0 aromatic rings. The van der Waals surface area contributed by atoms with Crippen LogP contribution in [0.4, 0.5) is 0 Å². The summed E-state index contributed by atoms with van der Waals surface area (Å²) in [7, 11) is -2.99. The van der Waals surface area contributed by atoms with Crippen molar-refractivity contribution in [2.75, 3.05) is 25.1 Å². The standard InChI is InChI=1S/C7H14N2O3S/c1-13(11,12)3-2-9-5-6(8)4-7(9)10/h6H,2-5,8H2,1H3. The molecule has 2 N–H and O–H groups in total. The van der Waals surface area contributed by atoms with Gasteiger partial charge in [0.1, 0.15) is 9.84 Å². The summed E-state index contributed by atoms with van der Waals surface area (Å²) in [4.78, 5) is 12.7. The number of hydrogen-bond acceptors (Lipinski definition) is 4. The van der Waals surface area contributed by atoms with E-state index < -0.39 is 9.84 Å². The lowest BCUT2D eigenvalue weighted by molar-refractivity contribution is -0.127. The zero-order chi connectivity index (χ0) is 10.1. The molecule has 1 aliphatic rings. The Bertz CT molecular complexity index is 299. The van der Waals surface area contributed by atoms with Crippen molar-refractivity contribution >= 4 is 15.7 Å². The molecule has 1 unspecified atom stereocenters. The number of carbonyl (C=O) groups is 1. The normalized spacial score (nSPS) is 24.0. The third kappa shape index (κ3) is 3.31. The van der Waals surface area contributed by atoms with Gasteiger partial charge in [-0.25, -0.2) is 8.42 Å². The van der Waals surface area contributed by atoms with Crippen molar-refractivity contribution in [2.24, 2.45) is 5.73 Å². The number of likely N-dealkylation sites (tertiary alicyclic amines) is 1. The smallest absolute Gasteiger partial charge is 0.224 e. The average molecular weight is 206 g/mol. The lowest BCUT2D eigenvalue weighted by atomic mass is 10.3. The highest BCUT2D eigenvalue weighted by Gasteiger charge is 2.26. The molecule has 0 aliphatic carbocycles. The quantitative estimate of drug-likeness (QED) is 0.615. The van der Waals surface area contributed by atoms with E-state index in [2.05, 4.69) is 0 Å². The van der Waals surface area contributed by atoms with Gasteiger partial charge < -0.3 is 10.6 Å². The van der Waals surface area contributed by atoms with Crippen molar-refractivity contribution < 1.29 is 13.2 Å². The highest BCUT2D eigenvalue weighted by Crippen LogP contribution is 2.08. The maximum Gasteiger partial charge on any atom is 0.224 e. The third-order valence-electron chi connectivity index (χ3n) is 1.98. The maximum absolute atomic E-state index is 11.2. The lowest BCUT2D eigenvalue weighted by Crippen LogP contribution is -2.32. The van der Waals surface area contributed by atoms with Crippen molar-refractivity contribution in [3.63, 3.8) is 0 Å². The van der Waals surface area contributed by atoms with Crippen LogP contribution in [0, 0.1) is 0 Å². The van der Waals surface area contributed by atoms with E-state index in [0.717, 1.165) is 6.26 Å². The van der Waals surface area contributed by atoms with Crippen LogP contribution in [0.5, 0.6) is 0 Å². The molecule has 0 saturated carbocycles. The van der Waals surface area contributed by atoms with Crippen LogP contribution in [0.25, 0.3) is 0 Å². The molecule has 1 amide bonds. The van der Waals surface area contributed by atoms with E-state index in [4.69, 9.17) is 5.73 Å². The predicted molar refractivity (Wildman–Crippen MR) is 48.9 cm³/mol. The number of sulfone groups is 1. The van der Waals surface area contributed by atoms with Crippen LogP contribution in [-0.2, 0) is 14.6 Å². The number of carbonyl (C=O) groups excluding carboxylic acids is 1. The topological polar surface area (TPSA) is 80.5 Å². The fourth-order valence-electron chi connectivity index (χ4n) is 1.29. The first-order valence-electron chi connectivity index (χ1n) is 4.09. The second kappa shape index (κ2) is 3.63. The highest BCUT2D eigenvalue weighted by molar-refractivity contribution is 7.90. The Morgan fingerprint density at radius 3 is 2.62 bits per heavy atom. The largest absolute Gasteiger partial charge is 0.340 e. The van der Waals surface area contributed by atoms with Crippen LogP contribution in [0.1, 0.15) is 6.42 Å². The van der Waals surface area contributed by atoms with E-state index in [0.29, 0.717) is 13.0 Å². The number of amides is 1. The first kappa shape index (κ1) is 10.5. The molecule has 1 saturated heterocycles. The van der Waals surface area contributed by atoms with Gasteiger partial charge in [0.05, 0.1) is 5.75 Å². The second-order valence-electron chi connectivity index (χ2n) is 3.43. The summed E-state index contributed by atoms with van der Waals surface area (Å²) in [5, 5.41) is 0.